The molecule has 0 radical (unpaired) electrons. The lowest BCUT2D eigenvalue weighted by atomic mass is 10.3. The van der Waals surface area contributed by atoms with E-state index in [0.29, 0.717) is 18.9 Å². The van der Waals surface area contributed by atoms with E-state index in [1.54, 1.807) is 6.07 Å². The maximum Gasteiger partial charge on any atom is 0.238 e. The molecule has 0 saturated carbocycles. The van der Waals surface area contributed by atoms with E-state index in [0.717, 1.165) is 5.75 Å². The molecule has 0 aromatic heterocycles. The third kappa shape index (κ3) is 4.63. The van der Waals surface area contributed by atoms with E-state index in [1.807, 2.05) is 32.0 Å². The van der Waals surface area contributed by atoms with Crippen LogP contribution in [0.15, 0.2) is 24.3 Å². The third-order valence-corrected chi connectivity index (χ3v) is 2.33. The number of likely N-dealkylation sites (N-methyl/N-ethyl adjacent to an activating group) is 1. The Labute approximate surface area is 107 Å². The first kappa shape index (κ1) is 14.3. The van der Waals surface area contributed by atoms with Gasteiger partial charge in [-0.1, -0.05) is 13.0 Å². The van der Waals surface area contributed by atoms with Crippen LogP contribution in [0.4, 0.5) is 0 Å². The normalized spacial score (nSPS) is 11.9. The Bertz CT molecular complexity index is 382. The maximum atomic E-state index is 11.1. The molecular weight excluding hydrogens is 232 g/mol. The van der Waals surface area contributed by atoms with Gasteiger partial charge in [0.25, 0.3) is 0 Å². The van der Waals surface area contributed by atoms with Crippen LogP contribution in [0.5, 0.6) is 11.5 Å². The Morgan fingerprint density at radius 2 is 2.00 bits per heavy atom. The molecule has 100 valence electrons. The molecule has 0 aliphatic heterocycles. The second-order valence-electron chi connectivity index (χ2n) is 3.73. The lowest BCUT2D eigenvalue weighted by molar-refractivity contribution is -0.120. The minimum atomic E-state index is -0.481. The molecule has 0 saturated heterocycles. The second kappa shape index (κ2) is 7.55. The number of benzene rings is 1. The van der Waals surface area contributed by atoms with Crippen LogP contribution in [0.3, 0.4) is 0 Å². The van der Waals surface area contributed by atoms with E-state index in [9.17, 15) is 4.79 Å². The first-order valence-corrected chi connectivity index (χ1v) is 6.05. The smallest absolute Gasteiger partial charge is 0.238 e. The maximum absolute atomic E-state index is 11.1. The summed E-state index contributed by atoms with van der Waals surface area (Å²) in [5, 5.41) is 2.96. The fourth-order valence-electron chi connectivity index (χ4n) is 1.49. The lowest BCUT2D eigenvalue weighted by Gasteiger charge is -2.15. The summed E-state index contributed by atoms with van der Waals surface area (Å²) in [7, 11) is 0. The second-order valence-corrected chi connectivity index (χ2v) is 3.73. The zero-order chi connectivity index (χ0) is 13.4. The summed E-state index contributed by atoms with van der Waals surface area (Å²) >= 11 is 0. The molecule has 1 aromatic carbocycles. The van der Waals surface area contributed by atoms with E-state index in [-0.39, 0.29) is 6.61 Å². The zero-order valence-electron chi connectivity index (χ0n) is 10.8. The molecule has 1 atom stereocenters. The van der Waals surface area contributed by atoms with Crippen LogP contribution >= 0.6 is 0 Å². The van der Waals surface area contributed by atoms with Gasteiger partial charge in [0, 0.05) is 6.07 Å². The molecule has 0 spiro atoms. The average Bonchev–Trinajstić information content (AvgIpc) is 2.35. The molecule has 0 bridgehead atoms. The van der Waals surface area contributed by atoms with Crippen molar-refractivity contribution in [3.05, 3.63) is 24.3 Å². The topological polar surface area (TPSA) is 73.6 Å². The number of hydrogen-bond donors (Lipinski definition) is 2. The number of nitrogens with two attached hydrogens (primary N) is 1. The molecule has 0 aliphatic carbocycles. The van der Waals surface area contributed by atoms with Gasteiger partial charge in [0.1, 0.15) is 24.1 Å². The van der Waals surface area contributed by atoms with Gasteiger partial charge in [-0.05, 0) is 25.6 Å². The Morgan fingerprint density at radius 3 is 2.56 bits per heavy atom. The highest BCUT2D eigenvalue weighted by atomic mass is 16.5. The van der Waals surface area contributed by atoms with Crippen molar-refractivity contribution in [2.45, 2.75) is 19.9 Å². The number of amides is 1. The Morgan fingerprint density at radius 1 is 1.33 bits per heavy atom. The van der Waals surface area contributed by atoms with Gasteiger partial charge in [-0.25, -0.2) is 0 Å². The molecule has 3 N–H and O–H groups in total. The number of hydrogen-bond acceptors (Lipinski definition) is 4. The van der Waals surface area contributed by atoms with Crippen LogP contribution in [-0.2, 0) is 4.79 Å². The summed E-state index contributed by atoms with van der Waals surface area (Å²) in [6.07, 6.45) is 0. The molecule has 18 heavy (non-hydrogen) atoms. The molecule has 0 aliphatic rings. The van der Waals surface area contributed by atoms with E-state index in [2.05, 4.69) is 5.32 Å². The molecule has 1 amide bonds. The molecular formula is C13H20N2O3. The van der Waals surface area contributed by atoms with E-state index < -0.39 is 11.9 Å². The van der Waals surface area contributed by atoms with Crippen molar-refractivity contribution < 1.29 is 14.3 Å². The fourth-order valence-corrected chi connectivity index (χ4v) is 1.49. The summed E-state index contributed by atoms with van der Waals surface area (Å²) in [6, 6.07) is 6.81. The average molecular weight is 252 g/mol. The quantitative estimate of drug-likeness (QED) is 0.721. The predicted molar refractivity (Wildman–Crippen MR) is 69.8 cm³/mol. The van der Waals surface area contributed by atoms with Crippen molar-refractivity contribution >= 4 is 5.91 Å². The van der Waals surface area contributed by atoms with Gasteiger partial charge in [-0.3, -0.25) is 4.79 Å². The minimum absolute atomic E-state index is 0.207. The van der Waals surface area contributed by atoms with Gasteiger partial charge >= 0.3 is 0 Å². The highest BCUT2D eigenvalue weighted by Crippen LogP contribution is 2.19. The Hall–Kier alpha value is -1.75. The van der Waals surface area contributed by atoms with Gasteiger partial charge in [0.15, 0.2) is 0 Å². The molecule has 0 fully saturated rings. The number of rotatable bonds is 8. The van der Waals surface area contributed by atoms with Crippen molar-refractivity contribution in [2.24, 2.45) is 5.73 Å². The minimum Gasteiger partial charge on any atom is -0.494 e. The summed E-state index contributed by atoms with van der Waals surface area (Å²) in [4.78, 5) is 11.1. The Balaban J connectivity index is 2.55. The van der Waals surface area contributed by atoms with Crippen LogP contribution in [-0.4, -0.2) is 31.7 Å². The predicted octanol–water partition coefficient (Wildman–Crippen LogP) is 0.927. The van der Waals surface area contributed by atoms with Gasteiger partial charge in [-0.15, -0.1) is 0 Å². The zero-order valence-corrected chi connectivity index (χ0v) is 10.8. The number of primary amides is 1. The fraction of sp³-hybridized carbons (Fsp3) is 0.462. The van der Waals surface area contributed by atoms with E-state index in [4.69, 9.17) is 15.2 Å². The van der Waals surface area contributed by atoms with E-state index >= 15 is 0 Å². The van der Waals surface area contributed by atoms with Crippen LogP contribution in [0.1, 0.15) is 13.8 Å². The highest BCUT2D eigenvalue weighted by molar-refractivity contribution is 5.80. The highest BCUT2D eigenvalue weighted by Gasteiger charge is 2.14. The van der Waals surface area contributed by atoms with Crippen molar-refractivity contribution in [2.75, 3.05) is 19.8 Å². The first-order valence-electron chi connectivity index (χ1n) is 6.05. The molecule has 1 unspecified atom stereocenters. The van der Waals surface area contributed by atoms with E-state index in [1.165, 1.54) is 0 Å². The standard InChI is InChI=1S/C13H20N2O3/c1-3-15-12(13(14)16)9-18-11-7-5-6-10(8-11)17-4-2/h5-8,12,15H,3-4,9H2,1-2H3,(H2,14,16). The first-order chi connectivity index (χ1) is 8.67. The van der Waals surface area contributed by atoms with Gasteiger partial charge in [-0.2, -0.15) is 0 Å². The summed E-state index contributed by atoms with van der Waals surface area (Å²) in [5.74, 6) is 0.983. The monoisotopic (exact) mass is 252 g/mol. The van der Waals surface area contributed by atoms with Crippen molar-refractivity contribution in [3.8, 4) is 11.5 Å². The van der Waals surface area contributed by atoms with Gasteiger partial charge < -0.3 is 20.5 Å². The molecule has 1 rings (SSSR count). The summed E-state index contributed by atoms with van der Waals surface area (Å²) in [6.45, 7) is 5.30. The van der Waals surface area contributed by atoms with Crippen molar-refractivity contribution in [1.29, 1.82) is 0 Å². The lowest BCUT2D eigenvalue weighted by Crippen LogP contribution is -2.45. The number of ether oxygens (including phenoxy) is 2. The molecule has 5 nitrogen and oxygen atoms in total. The SMILES string of the molecule is CCNC(COc1cccc(OCC)c1)C(N)=O. The molecule has 5 heteroatoms. The number of nitrogens with one attached hydrogen (secondary N) is 1. The van der Waals surface area contributed by atoms with Gasteiger partial charge in [0.2, 0.25) is 5.91 Å². The van der Waals surface area contributed by atoms with Gasteiger partial charge in [0.05, 0.1) is 6.61 Å². The van der Waals surface area contributed by atoms with Crippen LogP contribution in [0.25, 0.3) is 0 Å². The van der Waals surface area contributed by atoms with Crippen molar-refractivity contribution in [3.63, 3.8) is 0 Å². The summed E-state index contributed by atoms with van der Waals surface area (Å²) in [5.41, 5.74) is 5.26. The number of carbonyl (C=O) groups is 1. The third-order valence-electron chi connectivity index (χ3n) is 2.33. The largest absolute Gasteiger partial charge is 0.494 e. The van der Waals surface area contributed by atoms with Crippen LogP contribution in [0.2, 0.25) is 0 Å². The van der Waals surface area contributed by atoms with Crippen LogP contribution < -0.4 is 20.5 Å². The van der Waals surface area contributed by atoms with Crippen molar-refractivity contribution in [1.82, 2.24) is 5.32 Å². The number of carbonyl (C=O) groups excluding carboxylic acids is 1. The summed E-state index contributed by atoms with van der Waals surface area (Å²) < 4.78 is 10.9. The molecule has 1 aromatic rings. The molecule has 0 heterocycles. The van der Waals surface area contributed by atoms with Crippen LogP contribution in [0, 0.1) is 0 Å². The Kier molecular flexibility index (Phi) is 6.00.